The molecule has 21 heavy (non-hydrogen) atoms. The molecule has 0 saturated heterocycles. The van der Waals surface area contributed by atoms with Gasteiger partial charge >= 0.3 is 6.18 Å². The van der Waals surface area contributed by atoms with Crippen LogP contribution < -0.4 is 5.32 Å². The normalized spacial score (nSPS) is 13.0. The molecule has 1 atom stereocenters. The van der Waals surface area contributed by atoms with Gasteiger partial charge in [-0.3, -0.25) is 0 Å². The summed E-state index contributed by atoms with van der Waals surface area (Å²) in [7, 11) is 0. The number of halogens is 4. The highest BCUT2D eigenvalue weighted by Crippen LogP contribution is 2.32. The van der Waals surface area contributed by atoms with Crippen molar-refractivity contribution in [2.75, 3.05) is 5.32 Å². The van der Waals surface area contributed by atoms with Gasteiger partial charge in [0, 0.05) is 17.3 Å². The van der Waals surface area contributed by atoms with Crippen LogP contribution in [0.3, 0.4) is 0 Å². The van der Waals surface area contributed by atoms with Gasteiger partial charge in [0.05, 0.1) is 11.6 Å². The average molecular weight is 299 g/mol. The van der Waals surface area contributed by atoms with Crippen LogP contribution >= 0.6 is 0 Å². The highest BCUT2D eigenvalue weighted by Gasteiger charge is 2.30. The van der Waals surface area contributed by atoms with E-state index in [2.05, 4.69) is 5.32 Å². The zero-order chi connectivity index (χ0) is 15.6. The molecular weight excluding hydrogens is 286 g/mol. The zero-order valence-corrected chi connectivity index (χ0v) is 11.1. The van der Waals surface area contributed by atoms with E-state index in [0.717, 1.165) is 18.2 Å². The van der Waals surface area contributed by atoms with E-state index in [-0.39, 0.29) is 17.0 Å². The van der Waals surface area contributed by atoms with E-state index in [4.69, 9.17) is 5.11 Å². The second kappa shape index (κ2) is 5.63. The Balaban J connectivity index is 2.21. The van der Waals surface area contributed by atoms with Crippen LogP contribution in [0.25, 0.3) is 0 Å². The number of alkyl halides is 3. The smallest absolute Gasteiger partial charge is 0.416 e. The first-order valence-corrected chi connectivity index (χ1v) is 6.19. The standard InChI is InChI=1S/C15H13F4NO/c1-9(13-6-5-12(21)8-14(13)16)20-11-4-2-3-10(7-11)15(17,18)19/h2-9,20-21H,1H3. The van der Waals surface area contributed by atoms with Gasteiger partial charge in [-0.25, -0.2) is 4.39 Å². The highest BCUT2D eigenvalue weighted by molar-refractivity contribution is 5.48. The van der Waals surface area contributed by atoms with Crippen molar-refractivity contribution in [2.45, 2.75) is 19.1 Å². The molecule has 0 spiro atoms. The minimum absolute atomic E-state index is 0.206. The predicted molar refractivity (Wildman–Crippen MR) is 71.5 cm³/mol. The summed E-state index contributed by atoms with van der Waals surface area (Å²) in [5, 5.41) is 12.0. The van der Waals surface area contributed by atoms with Crippen LogP contribution in [0.1, 0.15) is 24.1 Å². The quantitative estimate of drug-likeness (QED) is 0.803. The Morgan fingerprint density at radius 1 is 1.10 bits per heavy atom. The van der Waals surface area contributed by atoms with Crippen molar-refractivity contribution in [1.82, 2.24) is 0 Å². The number of hydrogen-bond acceptors (Lipinski definition) is 2. The SMILES string of the molecule is CC(Nc1cccc(C(F)(F)F)c1)c1ccc(O)cc1F. The second-order valence-corrected chi connectivity index (χ2v) is 4.65. The molecule has 0 aliphatic carbocycles. The summed E-state index contributed by atoms with van der Waals surface area (Å²) in [5.74, 6) is -0.829. The van der Waals surface area contributed by atoms with Gasteiger partial charge in [0.25, 0.3) is 0 Å². The summed E-state index contributed by atoms with van der Waals surface area (Å²) in [5.41, 5.74) is -0.277. The molecule has 112 valence electrons. The average Bonchev–Trinajstić information content (AvgIpc) is 2.37. The van der Waals surface area contributed by atoms with Crippen molar-refractivity contribution in [3.63, 3.8) is 0 Å². The maximum atomic E-state index is 13.7. The summed E-state index contributed by atoms with van der Waals surface area (Å²) in [4.78, 5) is 0. The molecule has 6 heteroatoms. The largest absolute Gasteiger partial charge is 0.508 e. The summed E-state index contributed by atoms with van der Waals surface area (Å²) >= 11 is 0. The molecule has 2 nitrogen and oxygen atoms in total. The third-order valence-electron chi connectivity index (χ3n) is 3.02. The first-order valence-electron chi connectivity index (χ1n) is 6.19. The van der Waals surface area contributed by atoms with Gasteiger partial charge in [0.2, 0.25) is 0 Å². The van der Waals surface area contributed by atoms with Crippen LogP contribution in [0.5, 0.6) is 5.75 Å². The van der Waals surface area contributed by atoms with Crippen molar-refractivity contribution < 1.29 is 22.7 Å². The number of rotatable bonds is 3. The molecule has 0 saturated carbocycles. The van der Waals surface area contributed by atoms with E-state index in [1.807, 2.05) is 0 Å². The van der Waals surface area contributed by atoms with E-state index in [1.54, 1.807) is 6.92 Å². The van der Waals surface area contributed by atoms with Gasteiger partial charge in [0.15, 0.2) is 0 Å². The minimum atomic E-state index is -4.43. The number of hydrogen-bond donors (Lipinski definition) is 2. The fraction of sp³-hybridized carbons (Fsp3) is 0.200. The molecular formula is C15H13F4NO. The van der Waals surface area contributed by atoms with Crippen LogP contribution in [-0.4, -0.2) is 5.11 Å². The Kier molecular flexibility index (Phi) is 4.06. The highest BCUT2D eigenvalue weighted by atomic mass is 19.4. The molecule has 2 rings (SSSR count). The van der Waals surface area contributed by atoms with Crippen LogP contribution in [0.4, 0.5) is 23.2 Å². The Morgan fingerprint density at radius 2 is 1.81 bits per heavy atom. The van der Waals surface area contributed by atoms with Gasteiger partial charge in [-0.2, -0.15) is 13.2 Å². The van der Waals surface area contributed by atoms with Gasteiger partial charge in [-0.1, -0.05) is 12.1 Å². The number of nitrogens with one attached hydrogen (secondary N) is 1. The number of anilines is 1. The molecule has 0 aliphatic rings. The molecule has 0 heterocycles. The summed E-state index contributed by atoms with van der Waals surface area (Å²) in [6.45, 7) is 1.62. The number of aromatic hydroxyl groups is 1. The molecule has 0 amide bonds. The lowest BCUT2D eigenvalue weighted by Gasteiger charge is -2.17. The number of phenols is 1. The Bertz CT molecular complexity index is 640. The van der Waals surface area contributed by atoms with Crippen LogP contribution in [0, 0.1) is 5.82 Å². The molecule has 2 aromatic carbocycles. The van der Waals surface area contributed by atoms with E-state index in [0.29, 0.717) is 0 Å². The molecule has 0 radical (unpaired) electrons. The van der Waals surface area contributed by atoms with Gasteiger partial charge in [0.1, 0.15) is 11.6 Å². The van der Waals surface area contributed by atoms with Gasteiger partial charge in [-0.15, -0.1) is 0 Å². The number of phenolic OH excluding ortho intramolecular Hbond substituents is 1. The van der Waals surface area contributed by atoms with Crippen molar-refractivity contribution in [3.05, 3.63) is 59.4 Å². The Labute approximate surface area is 119 Å². The van der Waals surface area contributed by atoms with E-state index in [1.165, 1.54) is 24.3 Å². The third kappa shape index (κ3) is 3.65. The number of benzene rings is 2. The summed E-state index contributed by atoms with van der Waals surface area (Å²) < 4.78 is 51.6. The molecule has 0 fully saturated rings. The van der Waals surface area contributed by atoms with Crippen molar-refractivity contribution in [1.29, 1.82) is 0 Å². The van der Waals surface area contributed by atoms with Crippen LogP contribution in [0.2, 0.25) is 0 Å². The molecule has 0 aliphatic heterocycles. The Morgan fingerprint density at radius 3 is 2.43 bits per heavy atom. The van der Waals surface area contributed by atoms with Gasteiger partial charge < -0.3 is 10.4 Å². The summed E-state index contributed by atoms with van der Waals surface area (Å²) in [6, 6.07) is 7.81. The topological polar surface area (TPSA) is 32.3 Å². The molecule has 1 unspecified atom stereocenters. The fourth-order valence-corrected chi connectivity index (χ4v) is 1.98. The maximum absolute atomic E-state index is 13.7. The predicted octanol–water partition coefficient (Wildman–Crippen LogP) is 4.72. The Hall–Kier alpha value is -2.24. The lowest BCUT2D eigenvalue weighted by atomic mass is 10.1. The second-order valence-electron chi connectivity index (χ2n) is 4.65. The van der Waals surface area contributed by atoms with Crippen molar-refractivity contribution in [3.8, 4) is 5.75 Å². The maximum Gasteiger partial charge on any atom is 0.416 e. The molecule has 0 bridgehead atoms. The van der Waals surface area contributed by atoms with Crippen LogP contribution in [-0.2, 0) is 6.18 Å². The molecule has 2 N–H and O–H groups in total. The molecule has 0 aromatic heterocycles. The van der Waals surface area contributed by atoms with E-state index >= 15 is 0 Å². The fourth-order valence-electron chi connectivity index (χ4n) is 1.98. The van der Waals surface area contributed by atoms with Crippen LogP contribution in [0.15, 0.2) is 42.5 Å². The lowest BCUT2D eigenvalue weighted by Crippen LogP contribution is -2.10. The van der Waals surface area contributed by atoms with Crippen molar-refractivity contribution >= 4 is 5.69 Å². The third-order valence-corrected chi connectivity index (χ3v) is 3.02. The van der Waals surface area contributed by atoms with E-state index < -0.39 is 23.6 Å². The van der Waals surface area contributed by atoms with Gasteiger partial charge in [-0.05, 0) is 31.2 Å². The van der Waals surface area contributed by atoms with E-state index in [9.17, 15) is 17.6 Å². The molecule has 2 aromatic rings. The minimum Gasteiger partial charge on any atom is -0.508 e. The first-order chi connectivity index (χ1) is 9.77. The zero-order valence-electron chi connectivity index (χ0n) is 11.1. The lowest BCUT2D eigenvalue weighted by molar-refractivity contribution is -0.137. The van der Waals surface area contributed by atoms with Crippen molar-refractivity contribution in [2.24, 2.45) is 0 Å². The summed E-state index contributed by atoms with van der Waals surface area (Å²) in [6.07, 6.45) is -4.43. The monoisotopic (exact) mass is 299 g/mol. The first kappa shape index (κ1) is 15.2.